The van der Waals surface area contributed by atoms with Gasteiger partial charge < -0.3 is 25.1 Å². The van der Waals surface area contributed by atoms with Crippen LogP contribution < -0.4 is 20.1 Å². The van der Waals surface area contributed by atoms with Gasteiger partial charge in [0.2, 0.25) is 5.91 Å². The zero-order valence-corrected chi connectivity index (χ0v) is 20.1. The van der Waals surface area contributed by atoms with E-state index in [0.717, 1.165) is 0 Å². The number of alkyl halides is 2. The lowest BCUT2D eigenvalue weighted by Gasteiger charge is -2.26. The smallest absolute Gasteiger partial charge is 0.255 e. The second-order valence-electron chi connectivity index (χ2n) is 8.22. The van der Waals surface area contributed by atoms with E-state index in [-0.39, 0.29) is 0 Å². The van der Waals surface area contributed by atoms with Crippen LogP contribution >= 0.6 is 11.6 Å². The van der Waals surface area contributed by atoms with Gasteiger partial charge in [-0.05, 0) is 26.0 Å². The molecule has 4 rings (SSSR count). The number of methoxy groups -OCH3 is 2. The van der Waals surface area contributed by atoms with Crippen LogP contribution in [-0.4, -0.2) is 58.6 Å². The number of carbonyl (C=O) groups is 1. The van der Waals surface area contributed by atoms with Crippen molar-refractivity contribution in [1.82, 2.24) is 25.3 Å². The molecule has 184 valence electrons. The summed E-state index contributed by atoms with van der Waals surface area (Å²) in [5, 5.41) is 7.01. The highest BCUT2D eigenvalue weighted by atomic mass is 35.5. The van der Waals surface area contributed by atoms with Gasteiger partial charge in [-0.1, -0.05) is 11.6 Å². The minimum atomic E-state index is -2.67. The summed E-state index contributed by atoms with van der Waals surface area (Å²) in [7, 11) is 3.01. The van der Waals surface area contributed by atoms with E-state index in [1.807, 2.05) is 0 Å². The first-order valence-electron chi connectivity index (χ1n) is 10.5. The molecule has 0 aliphatic rings. The van der Waals surface area contributed by atoms with Gasteiger partial charge in [-0.15, -0.1) is 0 Å². The quantitative estimate of drug-likeness (QED) is 0.325. The molecular formula is C23H23ClF2N6O3. The van der Waals surface area contributed by atoms with Crippen LogP contribution in [0.25, 0.3) is 33.3 Å². The molecule has 1 aromatic carbocycles. The Morgan fingerprint density at radius 1 is 1.14 bits per heavy atom. The second kappa shape index (κ2) is 9.49. The normalized spacial score (nSPS) is 11.8. The van der Waals surface area contributed by atoms with Crippen molar-refractivity contribution >= 4 is 45.3 Å². The van der Waals surface area contributed by atoms with Gasteiger partial charge in [-0.3, -0.25) is 4.79 Å². The highest BCUT2D eigenvalue weighted by Gasteiger charge is 2.30. The summed E-state index contributed by atoms with van der Waals surface area (Å²) in [6, 6.07) is 5.11. The summed E-state index contributed by atoms with van der Waals surface area (Å²) >= 11 is 6.15. The third kappa shape index (κ3) is 4.90. The topological polar surface area (TPSA) is 114 Å². The van der Waals surface area contributed by atoms with Crippen LogP contribution in [0.4, 0.5) is 14.6 Å². The molecule has 1 amide bonds. The lowest BCUT2D eigenvalue weighted by Crippen LogP contribution is -2.49. The summed E-state index contributed by atoms with van der Waals surface area (Å²) in [5.41, 5.74) is 0.450. The van der Waals surface area contributed by atoms with Gasteiger partial charge >= 0.3 is 0 Å². The molecule has 35 heavy (non-hydrogen) atoms. The SMILES string of the molecule is COc1cc2nc(-c3c[nH]c4ncc(Cl)cc34)nc(NC(C)(C)C(=O)NCC(F)F)c2cc1OC. The summed E-state index contributed by atoms with van der Waals surface area (Å²) < 4.78 is 36.1. The van der Waals surface area contributed by atoms with Crippen molar-refractivity contribution in [3.05, 3.63) is 35.6 Å². The fourth-order valence-corrected chi connectivity index (χ4v) is 3.74. The van der Waals surface area contributed by atoms with E-state index in [1.54, 1.807) is 38.2 Å². The molecule has 12 heteroatoms. The number of aromatic amines is 1. The molecule has 3 aromatic heterocycles. The first kappa shape index (κ1) is 24.4. The number of carbonyl (C=O) groups excluding carboxylic acids is 1. The molecule has 0 aliphatic heterocycles. The fourth-order valence-electron chi connectivity index (χ4n) is 3.58. The molecule has 3 heterocycles. The number of pyridine rings is 1. The molecule has 0 unspecified atom stereocenters. The summed E-state index contributed by atoms with van der Waals surface area (Å²) in [4.78, 5) is 29.4. The number of anilines is 1. The summed E-state index contributed by atoms with van der Waals surface area (Å²) in [5.74, 6) is 0.893. The Balaban J connectivity index is 1.88. The van der Waals surface area contributed by atoms with Crippen LogP contribution in [0, 0.1) is 0 Å². The van der Waals surface area contributed by atoms with Crippen molar-refractivity contribution in [2.75, 3.05) is 26.1 Å². The van der Waals surface area contributed by atoms with Crippen molar-refractivity contribution in [1.29, 1.82) is 0 Å². The number of nitrogens with one attached hydrogen (secondary N) is 3. The van der Waals surface area contributed by atoms with E-state index < -0.39 is 24.4 Å². The fraction of sp³-hybridized carbons (Fsp3) is 0.304. The molecule has 4 aromatic rings. The van der Waals surface area contributed by atoms with E-state index in [9.17, 15) is 13.6 Å². The lowest BCUT2D eigenvalue weighted by molar-refractivity contribution is -0.125. The predicted molar refractivity (Wildman–Crippen MR) is 129 cm³/mol. The standard InChI is InChI=1S/C23H23ClF2N6O3/c1-23(2,22(33)29-10-18(25)26)32-21-13-6-16(34-3)17(35-4)7-15(13)30-20(31-21)14-9-28-19-12(14)5-11(24)8-27-19/h5-9,18H,10H2,1-4H3,(H,27,28)(H,29,33)(H,30,31,32). The first-order valence-corrected chi connectivity index (χ1v) is 10.9. The molecule has 0 saturated heterocycles. The lowest BCUT2D eigenvalue weighted by atomic mass is 10.0. The Kier molecular flexibility index (Phi) is 6.62. The molecule has 0 saturated carbocycles. The first-order chi connectivity index (χ1) is 16.6. The van der Waals surface area contributed by atoms with Crippen LogP contribution in [0.1, 0.15) is 13.8 Å². The van der Waals surface area contributed by atoms with Crippen LogP contribution in [0.3, 0.4) is 0 Å². The largest absolute Gasteiger partial charge is 0.493 e. The Morgan fingerprint density at radius 3 is 2.54 bits per heavy atom. The van der Waals surface area contributed by atoms with Crippen LogP contribution in [-0.2, 0) is 4.79 Å². The van der Waals surface area contributed by atoms with E-state index >= 15 is 0 Å². The minimum Gasteiger partial charge on any atom is -0.493 e. The molecule has 0 aliphatic carbocycles. The number of fused-ring (bicyclic) bond motifs is 2. The third-order valence-corrected chi connectivity index (χ3v) is 5.56. The van der Waals surface area contributed by atoms with Gasteiger partial charge in [-0.25, -0.2) is 23.7 Å². The van der Waals surface area contributed by atoms with Crippen molar-refractivity contribution in [2.24, 2.45) is 0 Å². The van der Waals surface area contributed by atoms with Gasteiger partial charge in [0.25, 0.3) is 6.43 Å². The zero-order chi connectivity index (χ0) is 25.3. The van der Waals surface area contributed by atoms with Crippen LogP contribution in [0.5, 0.6) is 11.5 Å². The average Bonchev–Trinajstić information content (AvgIpc) is 3.24. The molecule has 3 N–H and O–H groups in total. The number of halogens is 3. The number of hydrogen-bond acceptors (Lipinski definition) is 7. The van der Waals surface area contributed by atoms with Gasteiger partial charge in [0.05, 0.1) is 31.3 Å². The maximum atomic E-state index is 12.6. The Labute approximate surface area is 204 Å². The number of benzene rings is 1. The van der Waals surface area contributed by atoms with Gasteiger partial charge in [0.15, 0.2) is 17.3 Å². The Bertz CT molecular complexity index is 1410. The minimum absolute atomic E-state index is 0.299. The maximum Gasteiger partial charge on any atom is 0.255 e. The highest BCUT2D eigenvalue weighted by molar-refractivity contribution is 6.31. The van der Waals surface area contributed by atoms with Crippen molar-refractivity contribution in [3.63, 3.8) is 0 Å². The van der Waals surface area contributed by atoms with E-state index in [0.29, 0.717) is 55.7 Å². The molecule has 0 spiro atoms. The van der Waals surface area contributed by atoms with E-state index in [4.69, 9.17) is 26.1 Å². The number of rotatable bonds is 8. The van der Waals surface area contributed by atoms with Crippen molar-refractivity contribution in [3.8, 4) is 22.9 Å². The Morgan fingerprint density at radius 2 is 1.86 bits per heavy atom. The maximum absolute atomic E-state index is 12.6. The molecule has 0 atom stereocenters. The van der Waals surface area contributed by atoms with E-state index in [2.05, 4.69) is 25.6 Å². The number of amides is 1. The number of nitrogens with zero attached hydrogens (tertiary/aromatic N) is 3. The molecule has 0 radical (unpaired) electrons. The number of ether oxygens (including phenoxy) is 2. The number of hydrogen-bond donors (Lipinski definition) is 3. The number of H-pyrrole nitrogens is 1. The third-order valence-electron chi connectivity index (χ3n) is 5.36. The molecule has 0 bridgehead atoms. The molecular weight excluding hydrogens is 482 g/mol. The van der Waals surface area contributed by atoms with E-state index in [1.165, 1.54) is 20.4 Å². The van der Waals surface area contributed by atoms with Crippen LogP contribution in [0.2, 0.25) is 5.02 Å². The van der Waals surface area contributed by atoms with Crippen molar-refractivity contribution < 1.29 is 23.0 Å². The monoisotopic (exact) mass is 504 g/mol. The predicted octanol–water partition coefficient (Wildman–Crippen LogP) is 4.42. The number of aromatic nitrogens is 4. The van der Waals surface area contributed by atoms with Gasteiger partial charge in [0.1, 0.15) is 17.0 Å². The second-order valence-corrected chi connectivity index (χ2v) is 8.66. The van der Waals surface area contributed by atoms with Crippen LogP contribution in [0.15, 0.2) is 30.6 Å². The Hall–Kier alpha value is -3.73. The summed E-state index contributed by atoms with van der Waals surface area (Å²) in [6.45, 7) is 2.38. The summed E-state index contributed by atoms with van der Waals surface area (Å²) in [6.07, 6.45) is 0.566. The average molecular weight is 505 g/mol. The molecule has 0 fully saturated rings. The highest BCUT2D eigenvalue weighted by Crippen LogP contribution is 2.37. The molecule has 9 nitrogen and oxygen atoms in total. The zero-order valence-electron chi connectivity index (χ0n) is 19.4. The van der Waals surface area contributed by atoms with Gasteiger partial charge in [-0.2, -0.15) is 0 Å². The van der Waals surface area contributed by atoms with Crippen molar-refractivity contribution in [2.45, 2.75) is 25.8 Å². The van der Waals surface area contributed by atoms with Gasteiger partial charge in [0, 0.05) is 34.8 Å².